The molecule has 1 N–H and O–H groups in total. The van der Waals surface area contributed by atoms with E-state index in [1.54, 1.807) is 23.7 Å². The van der Waals surface area contributed by atoms with Crippen LogP contribution in [0.4, 0.5) is 5.69 Å². The van der Waals surface area contributed by atoms with Crippen LogP contribution >= 0.6 is 11.3 Å². The highest BCUT2D eigenvalue weighted by Gasteiger charge is 2.20. The monoisotopic (exact) mass is 391 g/mol. The van der Waals surface area contributed by atoms with E-state index in [1.807, 2.05) is 0 Å². The summed E-state index contributed by atoms with van der Waals surface area (Å²) in [6.45, 7) is 0. The van der Waals surface area contributed by atoms with E-state index < -0.39 is 10.0 Å². The topological polar surface area (TPSA) is 88.6 Å². The van der Waals surface area contributed by atoms with Crippen LogP contribution in [0.1, 0.15) is 10.4 Å². The third-order valence-corrected chi connectivity index (χ3v) is 6.39. The maximum atomic E-state index is 12.6. The van der Waals surface area contributed by atoms with Gasteiger partial charge in [-0.1, -0.05) is 0 Å². The van der Waals surface area contributed by atoms with Crippen molar-refractivity contribution in [1.29, 1.82) is 0 Å². The number of nitrogens with one attached hydrogen (secondary N) is 1. The van der Waals surface area contributed by atoms with Gasteiger partial charge in [0.15, 0.2) is 0 Å². The Balaban J connectivity index is 1.95. The van der Waals surface area contributed by atoms with E-state index in [4.69, 9.17) is 4.74 Å². The van der Waals surface area contributed by atoms with Gasteiger partial charge in [0, 0.05) is 19.7 Å². The van der Waals surface area contributed by atoms with Crippen molar-refractivity contribution in [2.45, 2.75) is 4.90 Å². The summed E-state index contributed by atoms with van der Waals surface area (Å²) in [5, 5.41) is 2.72. The highest BCUT2D eigenvalue weighted by Crippen LogP contribution is 2.29. The van der Waals surface area contributed by atoms with Crippen LogP contribution in [0, 0.1) is 0 Å². The largest absolute Gasteiger partial charge is 0.495 e. The fraction of sp³-hybridized carbons (Fsp3) is 0.176. The molecule has 3 rings (SSSR count). The standard InChI is InChI=1S/C17H17N3O4S2/c1-20(2)26(22,23)12-5-7-15(24-3)14(9-12)19-17(21)11-4-6-13-16(8-11)25-10-18-13/h4-10H,1-3H3,(H,19,21). The zero-order chi connectivity index (χ0) is 18.9. The average Bonchev–Trinajstić information content (AvgIpc) is 3.09. The van der Waals surface area contributed by atoms with Gasteiger partial charge >= 0.3 is 0 Å². The summed E-state index contributed by atoms with van der Waals surface area (Å²) >= 11 is 1.44. The molecule has 3 aromatic rings. The van der Waals surface area contributed by atoms with E-state index in [2.05, 4.69) is 10.3 Å². The molecule has 0 spiro atoms. The number of aromatic nitrogens is 1. The minimum atomic E-state index is -3.63. The van der Waals surface area contributed by atoms with E-state index in [0.717, 1.165) is 14.5 Å². The zero-order valence-corrected chi connectivity index (χ0v) is 16.0. The predicted octanol–water partition coefficient (Wildman–Crippen LogP) is 2.81. The molecule has 0 aliphatic heterocycles. The number of anilines is 1. The molecule has 0 bridgehead atoms. The van der Waals surface area contributed by atoms with Crippen LogP contribution in [-0.4, -0.2) is 44.8 Å². The number of hydrogen-bond donors (Lipinski definition) is 1. The number of thiazole rings is 1. The van der Waals surface area contributed by atoms with E-state index in [0.29, 0.717) is 11.3 Å². The van der Waals surface area contributed by atoms with Gasteiger partial charge in [-0.15, -0.1) is 11.3 Å². The second-order valence-electron chi connectivity index (χ2n) is 5.64. The van der Waals surface area contributed by atoms with E-state index in [9.17, 15) is 13.2 Å². The lowest BCUT2D eigenvalue weighted by molar-refractivity contribution is 0.102. The Kier molecular flexibility index (Phi) is 4.94. The van der Waals surface area contributed by atoms with Gasteiger partial charge in [-0.25, -0.2) is 17.7 Å². The van der Waals surface area contributed by atoms with Gasteiger partial charge in [0.2, 0.25) is 10.0 Å². The number of rotatable bonds is 5. The number of sulfonamides is 1. The van der Waals surface area contributed by atoms with Crippen LogP contribution in [0.15, 0.2) is 46.8 Å². The molecule has 2 aromatic carbocycles. The highest BCUT2D eigenvalue weighted by atomic mass is 32.2. The smallest absolute Gasteiger partial charge is 0.255 e. The lowest BCUT2D eigenvalue weighted by Gasteiger charge is -2.15. The number of benzene rings is 2. The Morgan fingerprint density at radius 1 is 1.19 bits per heavy atom. The van der Waals surface area contributed by atoms with Gasteiger partial charge in [0.25, 0.3) is 5.91 Å². The molecule has 0 saturated heterocycles. The average molecular weight is 391 g/mol. The van der Waals surface area contributed by atoms with Gasteiger partial charge in [-0.2, -0.15) is 0 Å². The lowest BCUT2D eigenvalue weighted by Crippen LogP contribution is -2.22. The molecule has 0 unspecified atom stereocenters. The van der Waals surface area contributed by atoms with Crippen molar-refractivity contribution >= 4 is 43.2 Å². The third-order valence-electron chi connectivity index (χ3n) is 3.79. The minimum absolute atomic E-state index is 0.0662. The van der Waals surface area contributed by atoms with E-state index in [1.165, 1.54) is 50.7 Å². The molecule has 0 radical (unpaired) electrons. The first-order chi connectivity index (χ1) is 12.3. The number of carbonyl (C=O) groups excluding carboxylic acids is 1. The van der Waals surface area contributed by atoms with Crippen LogP contribution < -0.4 is 10.1 Å². The van der Waals surface area contributed by atoms with Gasteiger partial charge in [-0.05, 0) is 36.4 Å². The van der Waals surface area contributed by atoms with E-state index in [-0.39, 0.29) is 16.5 Å². The zero-order valence-electron chi connectivity index (χ0n) is 14.4. The summed E-state index contributed by atoms with van der Waals surface area (Å²) in [4.78, 5) is 16.8. The molecule has 9 heteroatoms. The fourth-order valence-corrected chi connectivity index (χ4v) is 3.99. The van der Waals surface area contributed by atoms with Crippen LogP contribution in [0.3, 0.4) is 0 Å². The molecule has 7 nitrogen and oxygen atoms in total. The van der Waals surface area contributed by atoms with E-state index >= 15 is 0 Å². The molecule has 26 heavy (non-hydrogen) atoms. The Morgan fingerprint density at radius 3 is 2.65 bits per heavy atom. The fourth-order valence-electron chi connectivity index (χ4n) is 2.35. The number of fused-ring (bicyclic) bond motifs is 1. The maximum absolute atomic E-state index is 12.6. The molecule has 0 atom stereocenters. The maximum Gasteiger partial charge on any atom is 0.255 e. The third kappa shape index (κ3) is 3.41. The normalized spacial score (nSPS) is 11.7. The minimum Gasteiger partial charge on any atom is -0.495 e. The van der Waals surface area contributed by atoms with Crippen LogP contribution in [0.5, 0.6) is 5.75 Å². The summed E-state index contributed by atoms with van der Waals surface area (Å²) in [5.74, 6) is 0.00734. The first-order valence-corrected chi connectivity index (χ1v) is 9.90. The highest BCUT2D eigenvalue weighted by molar-refractivity contribution is 7.89. The van der Waals surface area contributed by atoms with Crippen molar-refractivity contribution in [3.8, 4) is 5.75 Å². The molecule has 0 aliphatic rings. The predicted molar refractivity (Wildman–Crippen MR) is 101 cm³/mol. The molecule has 0 saturated carbocycles. The molecule has 1 amide bonds. The van der Waals surface area contributed by atoms with Crippen molar-refractivity contribution in [2.24, 2.45) is 0 Å². The number of hydrogen-bond acceptors (Lipinski definition) is 6. The quantitative estimate of drug-likeness (QED) is 0.722. The molecule has 0 aliphatic carbocycles. The van der Waals surface area contributed by atoms with Gasteiger partial charge in [0.1, 0.15) is 5.75 Å². The Labute approximate surface area is 155 Å². The van der Waals surface area contributed by atoms with Gasteiger partial charge in [-0.3, -0.25) is 4.79 Å². The second-order valence-corrected chi connectivity index (χ2v) is 8.68. The molecule has 0 fully saturated rings. The number of nitrogens with zero attached hydrogens (tertiary/aromatic N) is 2. The van der Waals surface area contributed by atoms with Gasteiger partial charge in [0.05, 0.1) is 33.4 Å². The number of ether oxygens (including phenoxy) is 1. The van der Waals surface area contributed by atoms with Crippen molar-refractivity contribution in [2.75, 3.05) is 26.5 Å². The lowest BCUT2D eigenvalue weighted by atomic mass is 10.2. The van der Waals surface area contributed by atoms with Crippen LogP contribution in [0.2, 0.25) is 0 Å². The van der Waals surface area contributed by atoms with Crippen LogP contribution in [-0.2, 0) is 10.0 Å². The summed E-state index contributed by atoms with van der Waals surface area (Å²) in [5.41, 5.74) is 3.27. The summed E-state index contributed by atoms with van der Waals surface area (Å²) < 4.78 is 31.9. The number of methoxy groups -OCH3 is 1. The SMILES string of the molecule is COc1ccc(S(=O)(=O)N(C)C)cc1NC(=O)c1ccc2ncsc2c1. The summed E-state index contributed by atoms with van der Waals surface area (Å²) in [6.07, 6.45) is 0. The second kappa shape index (κ2) is 7.02. The number of amides is 1. The van der Waals surface area contributed by atoms with Crippen LogP contribution in [0.25, 0.3) is 10.2 Å². The number of carbonyl (C=O) groups is 1. The first kappa shape index (κ1) is 18.3. The van der Waals surface area contributed by atoms with Gasteiger partial charge < -0.3 is 10.1 Å². The molecule has 1 aromatic heterocycles. The summed E-state index contributed by atoms with van der Waals surface area (Å²) in [7, 11) is 0.720. The Hall–Kier alpha value is -2.49. The Bertz CT molecular complexity index is 1070. The first-order valence-electron chi connectivity index (χ1n) is 7.58. The molecule has 136 valence electrons. The van der Waals surface area contributed by atoms with Crippen molar-refractivity contribution in [1.82, 2.24) is 9.29 Å². The molecular weight excluding hydrogens is 374 g/mol. The van der Waals surface area contributed by atoms with Crippen molar-refractivity contribution in [3.63, 3.8) is 0 Å². The van der Waals surface area contributed by atoms with Crippen molar-refractivity contribution in [3.05, 3.63) is 47.5 Å². The molecule has 1 heterocycles. The summed E-state index contributed by atoms with van der Waals surface area (Å²) in [6, 6.07) is 9.52. The van der Waals surface area contributed by atoms with Crippen molar-refractivity contribution < 1.29 is 17.9 Å². The molecular formula is C17H17N3O4S2. The Morgan fingerprint density at radius 2 is 1.96 bits per heavy atom.